The van der Waals surface area contributed by atoms with Gasteiger partial charge in [0.1, 0.15) is 5.82 Å². The van der Waals surface area contributed by atoms with Gasteiger partial charge in [-0.1, -0.05) is 42.7 Å². The van der Waals surface area contributed by atoms with Crippen molar-refractivity contribution < 1.29 is 18.7 Å². The van der Waals surface area contributed by atoms with Crippen molar-refractivity contribution in [3.05, 3.63) is 58.5 Å². The van der Waals surface area contributed by atoms with E-state index in [-0.39, 0.29) is 23.0 Å². The van der Waals surface area contributed by atoms with Gasteiger partial charge in [-0.3, -0.25) is 9.20 Å². The van der Waals surface area contributed by atoms with Crippen LogP contribution in [0.15, 0.2) is 36.5 Å². The molecule has 41 heavy (non-hydrogen) atoms. The third-order valence-corrected chi connectivity index (χ3v) is 8.67. The number of piperidine rings is 1. The summed E-state index contributed by atoms with van der Waals surface area (Å²) in [6, 6.07) is 8.63. The Bertz CT molecular complexity index is 1510. The molecule has 11 heteroatoms. The van der Waals surface area contributed by atoms with E-state index in [2.05, 4.69) is 20.5 Å². The van der Waals surface area contributed by atoms with Crippen LogP contribution in [0.25, 0.3) is 26.4 Å². The maximum Gasteiger partial charge on any atom is 0.407 e. The third-order valence-electron chi connectivity index (χ3n) is 7.32. The van der Waals surface area contributed by atoms with Gasteiger partial charge in [-0.05, 0) is 75.6 Å². The summed E-state index contributed by atoms with van der Waals surface area (Å²) >= 11 is 7.85. The summed E-state index contributed by atoms with van der Waals surface area (Å²) in [6.45, 7) is 6.24. The van der Waals surface area contributed by atoms with E-state index in [4.69, 9.17) is 16.3 Å². The van der Waals surface area contributed by atoms with Crippen molar-refractivity contribution in [2.24, 2.45) is 0 Å². The number of aromatic nitrogens is 2. The minimum absolute atomic E-state index is 0.0762. The van der Waals surface area contributed by atoms with Crippen LogP contribution >= 0.6 is 22.9 Å². The van der Waals surface area contributed by atoms with Crippen molar-refractivity contribution in [1.29, 1.82) is 0 Å². The summed E-state index contributed by atoms with van der Waals surface area (Å²) in [7, 11) is 0. The number of halogens is 2. The van der Waals surface area contributed by atoms with E-state index in [1.807, 2.05) is 35.7 Å². The summed E-state index contributed by atoms with van der Waals surface area (Å²) < 4.78 is 22.9. The molecule has 5 rings (SSSR count). The highest BCUT2D eigenvalue weighted by molar-refractivity contribution is 7.23. The second-order valence-corrected chi connectivity index (χ2v) is 11.8. The van der Waals surface area contributed by atoms with Crippen LogP contribution in [-0.4, -0.2) is 59.1 Å². The van der Waals surface area contributed by atoms with Crippen molar-refractivity contribution in [2.75, 3.05) is 32.8 Å². The van der Waals surface area contributed by atoms with Crippen LogP contribution in [0.1, 0.15) is 61.4 Å². The second kappa shape index (κ2) is 13.6. The Labute approximate surface area is 247 Å². The largest absolute Gasteiger partial charge is 0.450 e. The molecule has 0 radical (unpaired) electrons. The summed E-state index contributed by atoms with van der Waals surface area (Å²) in [6.07, 6.45) is 7.71. The van der Waals surface area contributed by atoms with Gasteiger partial charge in [0.15, 0.2) is 4.96 Å². The van der Waals surface area contributed by atoms with Crippen LogP contribution in [0.4, 0.5) is 9.18 Å². The number of fused-ring (bicyclic) bond motifs is 3. The molecule has 218 valence electrons. The molecule has 0 saturated carbocycles. The zero-order valence-electron chi connectivity index (χ0n) is 23.2. The Hall–Kier alpha value is -3.21. The first-order valence-electron chi connectivity index (χ1n) is 14.2. The van der Waals surface area contributed by atoms with Gasteiger partial charge in [-0.15, -0.1) is 0 Å². The fourth-order valence-corrected chi connectivity index (χ4v) is 6.33. The summed E-state index contributed by atoms with van der Waals surface area (Å²) in [5.41, 5.74) is 2.83. The molecule has 3 heterocycles. The molecule has 2 aromatic heterocycles. The zero-order chi connectivity index (χ0) is 28.8. The first-order chi connectivity index (χ1) is 19.9. The first-order valence-corrected chi connectivity index (χ1v) is 15.4. The number of amides is 2. The van der Waals surface area contributed by atoms with E-state index < -0.39 is 11.9 Å². The lowest BCUT2D eigenvalue weighted by molar-refractivity contribution is 0.0951. The average molecular weight is 600 g/mol. The number of hydrogen-bond acceptors (Lipinski definition) is 6. The molecule has 2 amide bonds. The normalized spacial score (nSPS) is 14.0. The molecule has 1 aliphatic rings. The number of imidazole rings is 1. The van der Waals surface area contributed by atoms with Crippen molar-refractivity contribution in [1.82, 2.24) is 24.9 Å². The Morgan fingerprint density at radius 2 is 1.95 bits per heavy atom. The average Bonchev–Trinajstić information content (AvgIpc) is 3.53. The molecule has 4 aromatic rings. The lowest BCUT2D eigenvalue weighted by Gasteiger charge is -2.26. The van der Waals surface area contributed by atoms with Crippen LogP contribution < -0.4 is 10.6 Å². The number of nitrogens with one attached hydrogen (secondary N) is 2. The van der Waals surface area contributed by atoms with Crippen LogP contribution in [0.2, 0.25) is 5.02 Å². The SMILES string of the molecule is CCCCOC(=O)NCc1c(F)cc(-c2cn3c(n2)sc2cc(C(=O)NCCCN4CCCCC4)ccc23)cc1Cl. The van der Waals surface area contributed by atoms with E-state index in [0.717, 1.165) is 54.1 Å². The maximum absolute atomic E-state index is 15.0. The maximum atomic E-state index is 15.0. The molecule has 8 nitrogen and oxygen atoms in total. The number of benzene rings is 2. The molecule has 0 aliphatic carbocycles. The van der Waals surface area contributed by atoms with Crippen molar-refractivity contribution >= 4 is 50.1 Å². The number of likely N-dealkylation sites (tertiary alicyclic amines) is 1. The number of ether oxygens (including phenoxy) is 1. The Balaban J connectivity index is 1.23. The number of alkyl carbamates (subject to hydrolysis) is 1. The van der Waals surface area contributed by atoms with Crippen LogP contribution in [-0.2, 0) is 11.3 Å². The molecule has 1 saturated heterocycles. The van der Waals surface area contributed by atoms with Crippen molar-refractivity contribution in [2.45, 2.75) is 52.0 Å². The Kier molecular flexibility index (Phi) is 9.74. The number of hydrogen-bond donors (Lipinski definition) is 2. The first kappa shape index (κ1) is 29.3. The van der Waals surface area contributed by atoms with Gasteiger partial charge in [0, 0.05) is 34.5 Å². The topological polar surface area (TPSA) is 88.0 Å². The molecule has 2 aromatic carbocycles. The van der Waals surface area contributed by atoms with Crippen molar-refractivity contribution in [3.63, 3.8) is 0 Å². The minimum Gasteiger partial charge on any atom is -0.450 e. The van der Waals surface area contributed by atoms with Gasteiger partial charge in [-0.25, -0.2) is 14.2 Å². The monoisotopic (exact) mass is 599 g/mol. The fourth-order valence-electron chi connectivity index (χ4n) is 5.01. The van der Waals surface area contributed by atoms with Gasteiger partial charge >= 0.3 is 6.09 Å². The van der Waals surface area contributed by atoms with Gasteiger partial charge < -0.3 is 20.3 Å². The van der Waals surface area contributed by atoms with Gasteiger partial charge in [-0.2, -0.15) is 0 Å². The zero-order valence-corrected chi connectivity index (χ0v) is 24.8. The fraction of sp³-hybridized carbons (Fsp3) is 0.433. The van der Waals surface area contributed by atoms with E-state index >= 15 is 0 Å². The summed E-state index contributed by atoms with van der Waals surface area (Å²) in [5, 5.41) is 5.78. The summed E-state index contributed by atoms with van der Waals surface area (Å²) in [4.78, 5) is 32.5. The number of thiazole rings is 1. The van der Waals surface area contributed by atoms with Gasteiger partial charge in [0.05, 0.1) is 29.1 Å². The van der Waals surface area contributed by atoms with E-state index in [1.54, 1.807) is 6.07 Å². The third kappa shape index (κ3) is 7.17. The predicted molar refractivity (Wildman–Crippen MR) is 161 cm³/mol. The van der Waals surface area contributed by atoms with E-state index in [9.17, 15) is 14.0 Å². The highest BCUT2D eigenvalue weighted by Gasteiger charge is 2.17. The molecule has 2 N–H and O–H groups in total. The second-order valence-electron chi connectivity index (χ2n) is 10.3. The number of carbonyl (C=O) groups excluding carboxylic acids is 2. The Morgan fingerprint density at radius 1 is 1.12 bits per heavy atom. The van der Waals surface area contributed by atoms with E-state index in [1.165, 1.54) is 36.7 Å². The molecule has 0 spiro atoms. The minimum atomic E-state index is -0.604. The lowest BCUT2D eigenvalue weighted by Crippen LogP contribution is -2.33. The quantitative estimate of drug-likeness (QED) is 0.189. The van der Waals surface area contributed by atoms with Crippen molar-refractivity contribution in [3.8, 4) is 11.3 Å². The van der Waals surface area contributed by atoms with Crippen LogP contribution in [0.3, 0.4) is 0 Å². The van der Waals surface area contributed by atoms with E-state index in [0.29, 0.717) is 30.0 Å². The number of nitrogens with zero attached hydrogens (tertiary/aromatic N) is 3. The smallest absolute Gasteiger partial charge is 0.407 e. The summed E-state index contributed by atoms with van der Waals surface area (Å²) in [5.74, 6) is -0.611. The Morgan fingerprint density at radius 3 is 2.73 bits per heavy atom. The molecule has 0 unspecified atom stereocenters. The highest BCUT2D eigenvalue weighted by Crippen LogP contribution is 2.32. The molecule has 1 fully saturated rings. The predicted octanol–water partition coefficient (Wildman–Crippen LogP) is 6.64. The molecule has 1 aliphatic heterocycles. The number of rotatable bonds is 11. The number of unbranched alkanes of at least 4 members (excludes halogenated alkanes) is 1. The molecule has 0 bridgehead atoms. The van der Waals surface area contributed by atoms with Gasteiger partial charge in [0.2, 0.25) is 0 Å². The standard InChI is InChI=1S/C30H35ClFN5O3S/c1-2-3-14-40-30(39)34-18-22-23(31)15-21(16-24(22)32)25-19-37-26-9-8-20(17-27(26)41-29(37)35-25)28(38)33-10-7-13-36-11-5-4-6-12-36/h8-9,15-17,19H,2-7,10-14,18H2,1H3,(H,33,38)(H,34,39). The number of carbonyl (C=O) groups is 2. The molecule has 0 atom stereocenters. The molecular formula is C30H35ClFN5O3S. The van der Waals surface area contributed by atoms with Gasteiger partial charge in [0.25, 0.3) is 5.91 Å². The molecular weight excluding hydrogens is 565 g/mol. The van der Waals surface area contributed by atoms with Crippen LogP contribution in [0.5, 0.6) is 0 Å². The van der Waals surface area contributed by atoms with Crippen LogP contribution in [0, 0.1) is 5.82 Å². The lowest BCUT2D eigenvalue weighted by atomic mass is 10.1. The highest BCUT2D eigenvalue weighted by atomic mass is 35.5.